The molecule has 17 heavy (non-hydrogen) atoms. The van der Waals surface area contributed by atoms with Crippen LogP contribution in [-0.2, 0) is 6.54 Å². The zero-order valence-electron chi connectivity index (χ0n) is 10.6. The number of halogens is 1. The average molecular weight is 252 g/mol. The second-order valence-electron chi connectivity index (χ2n) is 5.29. The predicted octanol–water partition coefficient (Wildman–Crippen LogP) is 4.40. The molecule has 2 heteroatoms. The molecule has 0 radical (unpaired) electrons. The Kier molecular flexibility index (Phi) is 4.47. The summed E-state index contributed by atoms with van der Waals surface area (Å²) in [4.78, 5) is 0. The van der Waals surface area contributed by atoms with Crippen molar-refractivity contribution in [3.8, 4) is 0 Å². The van der Waals surface area contributed by atoms with Gasteiger partial charge in [0.1, 0.15) is 0 Å². The van der Waals surface area contributed by atoms with E-state index >= 15 is 0 Å². The van der Waals surface area contributed by atoms with Crippen LogP contribution in [0.2, 0.25) is 5.02 Å². The molecule has 0 aromatic heterocycles. The molecule has 0 atom stereocenters. The Morgan fingerprint density at radius 1 is 1.18 bits per heavy atom. The van der Waals surface area contributed by atoms with E-state index in [1.165, 1.54) is 37.7 Å². The van der Waals surface area contributed by atoms with Crippen molar-refractivity contribution in [2.75, 3.05) is 6.54 Å². The highest BCUT2D eigenvalue weighted by Gasteiger charge is 2.31. The van der Waals surface area contributed by atoms with E-state index in [4.69, 9.17) is 11.6 Å². The molecule has 1 aromatic rings. The Labute approximate surface area is 110 Å². The molecule has 94 valence electrons. The summed E-state index contributed by atoms with van der Waals surface area (Å²) in [7, 11) is 0. The average Bonchev–Trinajstić information content (AvgIpc) is 2.81. The molecule has 1 aliphatic rings. The van der Waals surface area contributed by atoms with Gasteiger partial charge in [-0.2, -0.15) is 0 Å². The SMILES string of the molecule is CCC1(CNCc2ccc(Cl)cc2)CCCC1. The summed E-state index contributed by atoms with van der Waals surface area (Å²) in [5.74, 6) is 0. The lowest BCUT2D eigenvalue weighted by atomic mass is 9.83. The predicted molar refractivity (Wildman–Crippen MR) is 74.4 cm³/mol. The quantitative estimate of drug-likeness (QED) is 0.818. The fourth-order valence-electron chi connectivity index (χ4n) is 2.85. The summed E-state index contributed by atoms with van der Waals surface area (Å²) in [6, 6.07) is 8.12. The zero-order valence-corrected chi connectivity index (χ0v) is 11.4. The van der Waals surface area contributed by atoms with E-state index in [-0.39, 0.29) is 0 Å². The molecule has 0 aliphatic heterocycles. The highest BCUT2D eigenvalue weighted by molar-refractivity contribution is 6.30. The standard InChI is InChI=1S/C15H22ClN/c1-2-15(9-3-4-10-15)12-17-11-13-5-7-14(16)8-6-13/h5-8,17H,2-4,9-12H2,1H3. The molecule has 1 N–H and O–H groups in total. The third-order valence-corrected chi connectivity index (χ3v) is 4.41. The first-order chi connectivity index (χ1) is 8.24. The monoisotopic (exact) mass is 251 g/mol. The van der Waals surface area contributed by atoms with Crippen LogP contribution in [0.4, 0.5) is 0 Å². The van der Waals surface area contributed by atoms with Crippen molar-refractivity contribution in [1.29, 1.82) is 0 Å². The number of hydrogen-bond donors (Lipinski definition) is 1. The van der Waals surface area contributed by atoms with Crippen molar-refractivity contribution in [3.63, 3.8) is 0 Å². The Bertz CT molecular complexity index is 338. The molecule has 0 heterocycles. The maximum absolute atomic E-state index is 5.87. The largest absolute Gasteiger partial charge is 0.312 e. The first kappa shape index (κ1) is 12.9. The van der Waals surface area contributed by atoms with Gasteiger partial charge in [0.05, 0.1) is 0 Å². The van der Waals surface area contributed by atoms with Gasteiger partial charge >= 0.3 is 0 Å². The van der Waals surface area contributed by atoms with E-state index in [0.29, 0.717) is 5.41 Å². The van der Waals surface area contributed by atoms with Crippen LogP contribution < -0.4 is 5.32 Å². The second kappa shape index (κ2) is 5.88. The molecule has 1 aliphatic carbocycles. The van der Waals surface area contributed by atoms with Crippen molar-refractivity contribution < 1.29 is 0 Å². The zero-order chi connectivity index (χ0) is 12.1. The fourth-order valence-corrected chi connectivity index (χ4v) is 2.98. The third-order valence-electron chi connectivity index (χ3n) is 4.16. The second-order valence-corrected chi connectivity index (χ2v) is 5.73. The summed E-state index contributed by atoms with van der Waals surface area (Å²) in [6.45, 7) is 4.44. The lowest BCUT2D eigenvalue weighted by molar-refractivity contribution is 0.268. The smallest absolute Gasteiger partial charge is 0.0406 e. The summed E-state index contributed by atoms with van der Waals surface area (Å²) in [5.41, 5.74) is 1.89. The highest BCUT2D eigenvalue weighted by atomic mass is 35.5. The van der Waals surface area contributed by atoms with Crippen LogP contribution in [0, 0.1) is 5.41 Å². The molecule has 0 spiro atoms. The Hall–Kier alpha value is -0.530. The summed E-state index contributed by atoms with van der Waals surface area (Å²) in [5, 5.41) is 4.43. The molecule has 1 aromatic carbocycles. The van der Waals surface area contributed by atoms with Crippen LogP contribution in [0.3, 0.4) is 0 Å². The van der Waals surface area contributed by atoms with Gasteiger partial charge in [0.2, 0.25) is 0 Å². The van der Waals surface area contributed by atoms with Gasteiger partial charge in [-0.15, -0.1) is 0 Å². The molecule has 2 rings (SSSR count). The van der Waals surface area contributed by atoms with Gasteiger partial charge in [-0.3, -0.25) is 0 Å². The van der Waals surface area contributed by atoms with E-state index in [2.05, 4.69) is 24.4 Å². The van der Waals surface area contributed by atoms with Crippen molar-refractivity contribution in [3.05, 3.63) is 34.9 Å². The van der Waals surface area contributed by atoms with Crippen LogP contribution in [0.15, 0.2) is 24.3 Å². The van der Waals surface area contributed by atoms with E-state index in [1.807, 2.05) is 12.1 Å². The van der Waals surface area contributed by atoms with Crippen molar-refractivity contribution in [2.45, 2.75) is 45.6 Å². The lowest BCUT2D eigenvalue weighted by Gasteiger charge is -2.27. The maximum Gasteiger partial charge on any atom is 0.0406 e. The maximum atomic E-state index is 5.87. The van der Waals surface area contributed by atoms with Gasteiger partial charge in [0, 0.05) is 18.1 Å². The summed E-state index contributed by atoms with van der Waals surface area (Å²) in [6.07, 6.45) is 6.93. The Morgan fingerprint density at radius 2 is 1.82 bits per heavy atom. The van der Waals surface area contributed by atoms with Gasteiger partial charge in [0.25, 0.3) is 0 Å². The van der Waals surface area contributed by atoms with Gasteiger partial charge in [-0.1, -0.05) is 43.5 Å². The van der Waals surface area contributed by atoms with Crippen LogP contribution in [0.5, 0.6) is 0 Å². The van der Waals surface area contributed by atoms with Crippen LogP contribution >= 0.6 is 11.6 Å². The summed E-state index contributed by atoms with van der Waals surface area (Å²) < 4.78 is 0. The number of nitrogens with one attached hydrogen (secondary N) is 1. The topological polar surface area (TPSA) is 12.0 Å². The molecule has 1 fully saturated rings. The van der Waals surface area contributed by atoms with E-state index in [9.17, 15) is 0 Å². The first-order valence-electron chi connectivity index (χ1n) is 6.69. The molecule has 1 nitrogen and oxygen atoms in total. The van der Waals surface area contributed by atoms with Crippen LogP contribution in [-0.4, -0.2) is 6.54 Å². The number of benzene rings is 1. The number of rotatable bonds is 5. The minimum absolute atomic E-state index is 0.576. The van der Waals surface area contributed by atoms with Gasteiger partial charge < -0.3 is 5.32 Å². The molecule has 0 bridgehead atoms. The number of hydrogen-bond acceptors (Lipinski definition) is 1. The molecular weight excluding hydrogens is 230 g/mol. The summed E-state index contributed by atoms with van der Waals surface area (Å²) >= 11 is 5.87. The van der Waals surface area contributed by atoms with Crippen LogP contribution in [0.25, 0.3) is 0 Å². The minimum Gasteiger partial charge on any atom is -0.312 e. The molecular formula is C15H22ClN. The van der Waals surface area contributed by atoms with Crippen LogP contribution in [0.1, 0.15) is 44.6 Å². The normalized spacial score (nSPS) is 18.5. The molecule has 0 amide bonds. The van der Waals surface area contributed by atoms with Gasteiger partial charge in [0.15, 0.2) is 0 Å². The Morgan fingerprint density at radius 3 is 2.41 bits per heavy atom. The van der Waals surface area contributed by atoms with Crippen molar-refractivity contribution >= 4 is 11.6 Å². The first-order valence-corrected chi connectivity index (χ1v) is 7.07. The van der Waals surface area contributed by atoms with E-state index in [1.54, 1.807) is 0 Å². The molecule has 0 unspecified atom stereocenters. The van der Waals surface area contributed by atoms with E-state index < -0.39 is 0 Å². The van der Waals surface area contributed by atoms with E-state index in [0.717, 1.165) is 18.1 Å². The third kappa shape index (κ3) is 3.46. The van der Waals surface area contributed by atoms with Crippen molar-refractivity contribution in [1.82, 2.24) is 5.32 Å². The van der Waals surface area contributed by atoms with Gasteiger partial charge in [-0.05, 0) is 42.4 Å². The lowest BCUT2D eigenvalue weighted by Crippen LogP contribution is -2.31. The fraction of sp³-hybridized carbons (Fsp3) is 0.600. The molecule has 1 saturated carbocycles. The highest BCUT2D eigenvalue weighted by Crippen LogP contribution is 2.40. The Balaban J connectivity index is 1.80. The minimum atomic E-state index is 0.576. The van der Waals surface area contributed by atoms with Crippen molar-refractivity contribution in [2.24, 2.45) is 5.41 Å². The molecule has 0 saturated heterocycles. The van der Waals surface area contributed by atoms with Gasteiger partial charge in [-0.25, -0.2) is 0 Å².